The summed E-state index contributed by atoms with van der Waals surface area (Å²) < 4.78 is 4.92. The predicted octanol–water partition coefficient (Wildman–Crippen LogP) is 1.94. The van der Waals surface area contributed by atoms with Crippen LogP contribution in [0.15, 0.2) is 12.3 Å². The van der Waals surface area contributed by atoms with E-state index < -0.39 is 0 Å². The maximum Gasteiger partial charge on any atom is 0.353 e. The van der Waals surface area contributed by atoms with E-state index >= 15 is 0 Å². The second kappa shape index (κ2) is 5.68. The van der Waals surface area contributed by atoms with Gasteiger partial charge in [0, 0.05) is 13.1 Å². The van der Waals surface area contributed by atoms with Crippen molar-refractivity contribution in [3.63, 3.8) is 0 Å². The lowest BCUT2D eigenvalue weighted by Gasteiger charge is -2.22. The molecule has 80 valence electrons. The van der Waals surface area contributed by atoms with Crippen LogP contribution in [0.4, 0.5) is 0 Å². The Balaban J connectivity index is 2.45. The molecular weight excluding hydrogens is 178 g/mol. The fourth-order valence-electron chi connectivity index (χ4n) is 1.68. The SMILES string of the molecule is C=C(C(=O)OCC)N1CCCCCC1. The molecule has 1 heterocycles. The summed E-state index contributed by atoms with van der Waals surface area (Å²) in [6.45, 7) is 7.91. The highest BCUT2D eigenvalue weighted by atomic mass is 16.5. The molecule has 0 bridgehead atoms. The first-order chi connectivity index (χ1) is 6.75. The monoisotopic (exact) mass is 197 g/mol. The van der Waals surface area contributed by atoms with E-state index in [1.807, 2.05) is 11.8 Å². The van der Waals surface area contributed by atoms with Gasteiger partial charge in [-0.25, -0.2) is 4.79 Å². The molecule has 0 unspecified atom stereocenters. The fourth-order valence-corrected chi connectivity index (χ4v) is 1.68. The molecule has 3 nitrogen and oxygen atoms in total. The molecule has 0 amide bonds. The Bertz CT molecular complexity index is 205. The van der Waals surface area contributed by atoms with Crippen molar-refractivity contribution in [1.29, 1.82) is 0 Å². The number of hydrogen-bond acceptors (Lipinski definition) is 3. The van der Waals surface area contributed by atoms with Crippen LogP contribution in [0.25, 0.3) is 0 Å². The molecule has 0 aromatic carbocycles. The Kier molecular flexibility index (Phi) is 4.50. The molecule has 1 aliphatic rings. The van der Waals surface area contributed by atoms with Gasteiger partial charge in [-0.2, -0.15) is 0 Å². The first-order valence-electron chi connectivity index (χ1n) is 5.36. The van der Waals surface area contributed by atoms with Crippen LogP contribution in [0.2, 0.25) is 0 Å². The van der Waals surface area contributed by atoms with Crippen LogP contribution in [-0.2, 0) is 9.53 Å². The van der Waals surface area contributed by atoms with Crippen molar-refractivity contribution in [2.45, 2.75) is 32.6 Å². The van der Waals surface area contributed by atoms with Crippen molar-refractivity contribution in [3.05, 3.63) is 12.3 Å². The van der Waals surface area contributed by atoms with Crippen LogP contribution in [0.5, 0.6) is 0 Å². The van der Waals surface area contributed by atoms with Crippen molar-refractivity contribution in [1.82, 2.24) is 4.90 Å². The lowest BCUT2D eigenvalue weighted by molar-refractivity contribution is -0.140. The number of ether oxygens (including phenoxy) is 1. The van der Waals surface area contributed by atoms with E-state index in [-0.39, 0.29) is 5.97 Å². The van der Waals surface area contributed by atoms with Gasteiger partial charge in [-0.15, -0.1) is 0 Å². The molecule has 1 rings (SSSR count). The normalized spacial score (nSPS) is 17.4. The summed E-state index contributed by atoms with van der Waals surface area (Å²) >= 11 is 0. The van der Waals surface area contributed by atoms with Gasteiger partial charge in [0.2, 0.25) is 0 Å². The van der Waals surface area contributed by atoms with Crippen LogP contribution in [0, 0.1) is 0 Å². The van der Waals surface area contributed by atoms with E-state index in [4.69, 9.17) is 4.74 Å². The zero-order chi connectivity index (χ0) is 10.4. The second-order valence-corrected chi connectivity index (χ2v) is 3.57. The van der Waals surface area contributed by atoms with Crippen molar-refractivity contribution >= 4 is 5.97 Å². The number of carbonyl (C=O) groups is 1. The number of nitrogens with zero attached hydrogens (tertiary/aromatic N) is 1. The number of hydrogen-bond donors (Lipinski definition) is 0. The van der Waals surface area contributed by atoms with Gasteiger partial charge in [-0.3, -0.25) is 0 Å². The molecule has 14 heavy (non-hydrogen) atoms. The summed E-state index contributed by atoms with van der Waals surface area (Å²) in [6, 6.07) is 0. The summed E-state index contributed by atoms with van der Waals surface area (Å²) in [5.41, 5.74) is 0.522. The molecular formula is C11H19NO2. The van der Waals surface area contributed by atoms with E-state index in [1.54, 1.807) is 0 Å². The molecule has 0 N–H and O–H groups in total. The van der Waals surface area contributed by atoms with Crippen LogP contribution < -0.4 is 0 Å². The Hall–Kier alpha value is -0.990. The number of likely N-dealkylation sites (tertiary alicyclic amines) is 1. The van der Waals surface area contributed by atoms with E-state index in [0.29, 0.717) is 12.3 Å². The summed E-state index contributed by atoms with van der Waals surface area (Å²) in [5, 5.41) is 0. The first-order valence-corrected chi connectivity index (χ1v) is 5.36. The third-order valence-electron chi connectivity index (χ3n) is 2.50. The quantitative estimate of drug-likeness (QED) is 0.511. The zero-order valence-electron chi connectivity index (χ0n) is 8.92. The maximum absolute atomic E-state index is 11.4. The average Bonchev–Trinajstić information content (AvgIpc) is 2.45. The third kappa shape index (κ3) is 3.05. The van der Waals surface area contributed by atoms with Crippen LogP contribution in [-0.4, -0.2) is 30.6 Å². The smallest absolute Gasteiger partial charge is 0.353 e. The highest BCUT2D eigenvalue weighted by molar-refractivity contribution is 5.87. The largest absolute Gasteiger partial charge is 0.461 e. The summed E-state index contributed by atoms with van der Waals surface area (Å²) in [4.78, 5) is 13.4. The van der Waals surface area contributed by atoms with Crippen molar-refractivity contribution in [3.8, 4) is 0 Å². The fraction of sp³-hybridized carbons (Fsp3) is 0.727. The highest BCUT2D eigenvalue weighted by Crippen LogP contribution is 2.14. The number of carbonyl (C=O) groups excluding carboxylic acids is 1. The average molecular weight is 197 g/mol. The molecule has 0 atom stereocenters. The molecule has 1 aliphatic heterocycles. The molecule has 0 saturated carbocycles. The van der Waals surface area contributed by atoms with E-state index in [9.17, 15) is 4.79 Å². The summed E-state index contributed by atoms with van der Waals surface area (Å²) in [7, 11) is 0. The van der Waals surface area contributed by atoms with Gasteiger partial charge in [0.15, 0.2) is 0 Å². The topological polar surface area (TPSA) is 29.5 Å². The summed E-state index contributed by atoms with van der Waals surface area (Å²) in [6.07, 6.45) is 4.82. The minimum atomic E-state index is -0.269. The van der Waals surface area contributed by atoms with Crippen molar-refractivity contribution < 1.29 is 9.53 Å². The number of esters is 1. The standard InChI is InChI=1S/C11H19NO2/c1-3-14-11(13)10(2)12-8-6-4-5-7-9-12/h2-9H2,1H3. The van der Waals surface area contributed by atoms with Gasteiger partial charge in [0.05, 0.1) is 6.61 Å². The third-order valence-corrected chi connectivity index (χ3v) is 2.50. The first kappa shape index (κ1) is 11.1. The van der Waals surface area contributed by atoms with Crippen LogP contribution in [0.3, 0.4) is 0 Å². The Labute approximate surface area is 85.7 Å². The van der Waals surface area contributed by atoms with Crippen LogP contribution in [0.1, 0.15) is 32.6 Å². The molecule has 0 spiro atoms. The molecule has 3 heteroatoms. The lowest BCUT2D eigenvalue weighted by Crippen LogP contribution is -2.28. The van der Waals surface area contributed by atoms with Crippen molar-refractivity contribution in [2.24, 2.45) is 0 Å². The van der Waals surface area contributed by atoms with Gasteiger partial charge in [0.25, 0.3) is 0 Å². The molecule has 0 aliphatic carbocycles. The van der Waals surface area contributed by atoms with E-state index in [2.05, 4.69) is 6.58 Å². The minimum absolute atomic E-state index is 0.269. The highest BCUT2D eigenvalue weighted by Gasteiger charge is 2.17. The van der Waals surface area contributed by atoms with Gasteiger partial charge in [-0.1, -0.05) is 19.4 Å². The second-order valence-electron chi connectivity index (χ2n) is 3.57. The molecule has 0 radical (unpaired) electrons. The van der Waals surface area contributed by atoms with Gasteiger partial charge < -0.3 is 9.64 Å². The Morgan fingerprint density at radius 1 is 1.29 bits per heavy atom. The van der Waals surface area contributed by atoms with E-state index in [1.165, 1.54) is 12.8 Å². The van der Waals surface area contributed by atoms with Gasteiger partial charge >= 0.3 is 5.97 Å². The number of rotatable bonds is 3. The summed E-state index contributed by atoms with van der Waals surface area (Å²) in [5.74, 6) is -0.269. The molecule has 1 fully saturated rings. The van der Waals surface area contributed by atoms with E-state index in [0.717, 1.165) is 25.9 Å². The molecule has 0 aromatic heterocycles. The van der Waals surface area contributed by atoms with Gasteiger partial charge in [-0.05, 0) is 19.8 Å². The Morgan fingerprint density at radius 3 is 2.36 bits per heavy atom. The molecule has 1 saturated heterocycles. The van der Waals surface area contributed by atoms with Crippen LogP contribution >= 0.6 is 0 Å². The van der Waals surface area contributed by atoms with Crippen molar-refractivity contribution in [2.75, 3.05) is 19.7 Å². The lowest BCUT2D eigenvalue weighted by atomic mass is 10.2. The molecule has 0 aromatic rings. The van der Waals surface area contributed by atoms with Gasteiger partial charge in [0.1, 0.15) is 5.70 Å². The minimum Gasteiger partial charge on any atom is -0.461 e. The maximum atomic E-state index is 11.4. The Morgan fingerprint density at radius 2 is 1.86 bits per heavy atom. The zero-order valence-corrected chi connectivity index (χ0v) is 8.92. The predicted molar refractivity (Wildman–Crippen MR) is 55.8 cm³/mol.